The van der Waals surface area contributed by atoms with Gasteiger partial charge in [-0.1, -0.05) is 0 Å². The molecular weight excluding hydrogens is 417 g/mol. The van der Waals surface area contributed by atoms with E-state index < -0.39 is 29.3 Å². The van der Waals surface area contributed by atoms with Crippen molar-refractivity contribution in [1.82, 2.24) is 9.88 Å². The van der Waals surface area contributed by atoms with Gasteiger partial charge in [-0.15, -0.1) is 0 Å². The molecule has 1 unspecified atom stereocenters. The van der Waals surface area contributed by atoms with Gasteiger partial charge in [0.15, 0.2) is 11.6 Å². The van der Waals surface area contributed by atoms with E-state index in [1.165, 1.54) is 29.0 Å². The summed E-state index contributed by atoms with van der Waals surface area (Å²) >= 11 is 0. The molecule has 2 saturated heterocycles. The van der Waals surface area contributed by atoms with Gasteiger partial charge in [-0.2, -0.15) is 0 Å². The average Bonchev–Trinajstić information content (AvgIpc) is 3.08. The largest absolute Gasteiger partial charge is 0.507 e. The van der Waals surface area contributed by atoms with E-state index in [0.717, 1.165) is 19.2 Å². The molecule has 8 nitrogen and oxygen atoms in total. The van der Waals surface area contributed by atoms with E-state index in [1.54, 1.807) is 24.5 Å². The Bertz CT molecular complexity index is 1040. The summed E-state index contributed by atoms with van der Waals surface area (Å²) in [5.41, 5.74) is 0.675. The second-order valence-electron chi connectivity index (χ2n) is 7.73. The van der Waals surface area contributed by atoms with Gasteiger partial charge in [0, 0.05) is 18.0 Å². The number of pyridine rings is 1. The Morgan fingerprint density at radius 1 is 1.25 bits per heavy atom. The second kappa shape index (κ2) is 9.46. The highest BCUT2D eigenvalue weighted by atomic mass is 19.1. The summed E-state index contributed by atoms with van der Waals surface area (Å²) in [4.78, 5) is 32.7. The molecule has 1 aromatic carbocycles. The highest BCUT2D eigenvalue weighted by Gasteiger charge is 2.46. The summed E-state index contributed by atoms with van der Waals surface area (Å²) in [7, 11) is 1.34. The lowest BCUT2D eigenvalue weighted by atomic mass is 9.96. The lowest BCUT2D eigenvalue weighted by Gasteiger charge is -2.29. The molecule has 3 heterocycles. The van der Waals surface area contributed by atoms with Crippen molar-refractivity contribution in [1.29, 1.82) is 0 Å². The number of amides is 1. The fourth-order valence-electron chi connectivity index (χ4n) is 4.16. The fraction of sp³-hybridized carbons (Fsp3) is 0.348. The molecule has 0 bridgehead atoms. The Morgan fingerprint density at radius 3 is 2.62 bits per heavy atom. The fourth-order valence-corrected chi connectivity index (χ4v) is 4.16. The number of likely N-dealkylation sites (tertiary alicyclic amines) is 1. The van der Waals surface area contributed by atoms with Crippen molar-refractivity contribution in [2.24, 2.45) is 0 Å². The Kier molecular flexibility index (Phi) is 6.48. The van der Waals surface area contributed by atoms with E-state index >= 15 is 0 Å². The number of nitrogens with zero attached hydrogens (tertiary/aromatic N) is 2. The summed E-state index contributed by atoms with van der Waals surface area (Å²) in [6.07, 6.45) is 3.13. The van der Waals surface area contributed by atoms with Gasteiger partial charge in [-0.05, 0) is 35.9 Å². The SMILES string of the molecule is COc1ccc(C(O)=C2C(=O)C(=O)N(CC[NH+]3CCOCC3)C2c2ccncc2)cc1F. The first-order valence-electron chi connectivity index (χ1n) is 10.4. The minimum Gasteiger partial charge on any atom is -0.507 e. The quantitative estimate of drug-likeness (QED) is 0.386. The van der Waals surface area contributed by atoms with Crippen LogP contribution in [0.1, 0.15) is 17.2 Å². The number of benzene rings is 1. The number of aliphatic hydroxyl groups excluding tert-OH is 1. The molecule has 0 spiro atoms. The topological polar surface area (TPSA) is 93.4 Å². The van der Waals surface area contributed by atoms with Crippen LogP contribution in [0.4, 0.5) is 4.39 Å². The second-order valence-corrected chi connectivity index (χ2v) is 7.73. The first kappa shape index (κ1) is 21.9. The Hall–Kier alpha value is -3.30. The number of ether oxygens (including phenoxy) is 2. The van der Waals surface area contributed by atoms with Gasteiger partial charge in [-0.3, -0.25) is 14.6 Å². The predicted molar refractivity (Wildman–Crippen MR) is 113 cm³/mol. The molecule has 2 N–H and O–H groups in total. The van der Waals surface area contributed by atoms with E-state index in [2.05, 4.69) is 4.98 Å². The summed E-state index contributed by atoms with van der Waals surface area (Å²) in [6.45, 7) is 3.95. The number of hydrogen-bond donors (Lipinski definition) is 2. The van der Waals surface area contributed by atoms with Crippen LogP contribution in [-0.4, -0.2) is 73.2 Å². The van der Waals surface area contributed by atoms with Crippen LogP contribution in [0, 0.1) is 5.82 Å². The number of Topliss-reactive ketones (excluding diaryl/α,β-unsaturated/α-hetero) is 1. The van der Waals surface area contributed by atoms with Crippen LogP contribution in [0.3, 0.4) is 0 Å². The molecule has 2 aromatic rings. The van der Waals surface area contributed by atoms with Crippen LogP contribution in [0.2, 0.25) is 0 Å². The van der Waals surface area contributed by atoms with Crippen LogP contribution < -0.4 is 9.64 Å². The van der Waals surface area contributed by atoms with E-state index in [-0.39, 0.29) is 16.9 Å². The number of morpholine rings is 1. The molecular formula is C23H25FN3O5+. The maximum Gasteiger partial charge on any atom is 0.295 e. The maximum absolute atomic E-state index is 14.3. The van der Waals surface area contributed by atoms with Crippen molar-refractivity contribution < 1.29 is 33.5 Å². The van der Waals surface area contributed by atoms with Gasteiger partial charge in [0.25, 0.3) is 11.7 Å². The molecule has 2 aliphatic rings. The highest BCUT2D eigenvalue weighted by molar-refractivity contribution is 6.46. The van der Waals surface area contributed by atoms with Crippen LogP contribution in [0.5, 0.6) is 5.75 Å². The summed E-state index contributed by atoms with van der Waals surface area (Å²) in [6, 6.07) is 6.52. The number of carbonyl (C=O) groups excluding carboxylic acids is 2. The number of rotatable bonds is 6. The molecule has 2 aliphatic heterocycles. The van der Waals surface area contributed by atoms with E-state index in [1.807, 2.05) is 0 Å². The van der Waals surface area contributed by atoms with Gasteiger partial charge in [0.1, 0.15) is 18.8 Å². The van der Waals surface area contributed by atoms with Gasteiger partial charge < -0.3 is 24.4 Å². The summed E-state index contributed by atoms with van der Waals surface area (Å²) < 4.78 is 24.6. The normalized spacial score (nSPS) is 21.2. The first-order chi connectivity index (χ1) is 15.5. The minimum absolute atomic E-state index is 0.0150. The molecule has 32 heavy (non-hydrogen) atoms. The number of ketones is 1. The number of carbonyl (C=O) groups is 2. The van der Waals surface area contributed by atoms with Gasteiger partial charge >= 0.3 is 0 Å². The van der Waals surface area contributed by atoms with Crippen molar-refractivity contribution >= 4 is 17.4 Å². The van der Waals surface area contributed by atoms with Crippen LogP contribution in [-0.2, 0) is 14.3 Å². The van der Waals surface area contributed by atoms with Gasteiger partial charge in [-0.25, -0.2) is 4.39 Å². The zero-order valence-corrected chi connectivity index (χ0v) is 17.7. The Labute approximate surface area is 184 Å². The van der Waals surface area contributed by atoms with Crippen molar-refractivity contribution in [3.63, 3.8) is 0 Å². The molecule has 0 aliphatic carbocycles. The van der Waals surface area contributed by atoms with E-state index in [4.69, 9.17) is 9.47 Å². The number of quaternary nitrogens is 1. The first-order valence-corrected chi connectivity index (χ1v) is 10.4. The van der Waals surface area contributed by atoms with Gasteiger partial charge in [0.05, 0.1) is 45.0 Å². The summed E-state index contributed by atoms with van der Waals surface area (Å²) in [5.74, 6) is -2.57. The van der Waals surface area contributed by atoms with Gasteiger partial charge in [0.2, 0.25) is 0 Å². The smallest absolute Gasteiger partial charge is 0.295 e. The third-order valence-electron chi connectivity index (χ3n) is 5.89. The third-order valence-corrected chi connectivity index (χ3v) is 5.89. The zero-order chi connectivity index (χ0) is 22.7. The standard InChI is InChI=1S/C23H24FN3O5/c1-31-18-3-2-16(14-17(18)24)21(28)19-20(15-4-6-25-7-5-15)27(23(30)22(19)29)9-8-26-10-12-32-13-11-26/h2-7,14,20,28H,8-13H2,1H3/p+1. The number of aromatic nitrogens is 1. The Morgan fingerprint density at radius 2 is 1.97 bits per heavy atom. The van der Waals surface area contributed by atoms with Crippen LogP contribution in [0.25, 0.3) is 5.76 Å². The van der Waals surface area contributed by atoms with Crippen molar-refractivity contribution in [3.8, 4) is 5.75 Å². The predicted octanol–water partition coefficient (Wildman–Crippen LogP) is 0.566. The monoisotopic (exact) mass is 442 g/mol. The molecule has 1 atom stereocenters. The molecule has 0 radical (unpaired) electrons. The van der Waals surface area contributed by atoms with Crippen LogP contribution >= 0.6 is 0 Å². The summed E-state index contributed by atoms with van der Waals surface area (Å²) in [5, 5.41) is 11.0. The average molecular weight is 442 g/mol. The number of methoxy groups -OCH3 is 1. The lowest BCUT2D eigenvalue weighted by molar-refractivity contribution is -0.907. The van der Waals surface area contributed by atoms with Crippen molar-refractivity contribution in [2.45, 2.75) is 6.04 Å². The third kappa shape index (κ3) is 4.21. The number of halogens is 1. The Balaban J connectivity index is 1.72. The maximum atomic E-state index is 14.3. The van der Waals surface area contributed by atoms with Crippen LogP contribution in [0.15, 0.2) is 48.3 Å². The van der Waals surface area contributed by atoms with Crippen molar-refractivity contribution in [3.05, 3.63) is 65.2 Å². The van der Waals surface area contributed by atoms with E-state index in [0.29, 0.717) is 31.9 Å². The lowest BCUT2D eigenvalue weighted by Crippen LogP contribution is -3.14. The zero-order valence-electron chi connectivity index (χ0n) is 17.7. The molecule has 2 fully saturated rings. The van der Waals surface area contributed by atoms with Crippen molar-refractivity contribution in [2.75, 3.05) is 46.5 Å². The molecule has 1 amide bonds. The molecule has 4 rings (SSSR count). The number of nitrogens with one attached hydrogen (secondary N) is 1. The highest BCUT2D eigenvalue weighted by Crippen LogP contribution is 2.39. The number of aliphatic hydroxyl groups is 1. The molecule has 9 heteroatoms. The van der Waals surface area contributed by atoms with E-state index in [9.17, 15) is 19.1 Å². The minimum atomic E-state index is -0.794. The molecule has 0 saturated carbocycles. The molecule has 168 valence electrons. The molecule has 1 aromatic heterocycles. The number of hydrogen-bond acceptors (Lipinski definition) is 6.